The molecule has 2 bridgehead atoms. The summed E-state index contributed by atoms with van der Waals surface area (Å²) in [5.74, 6) is -1.46. The lowest BCUT2D eigenvalue weighted by atomic mass is 9.70. The summed E-state index contributed by atoms with van der Waals surface area (Å²) >= 11 is 5.48. The second-order valence-electron chi connectivity index (χ2n) is 11.4. The van der Waals surface area contributed by atoms with E-state index in [0.29, 0.717) is 32.4 Å². The predicted molar refractivity (Wildman–Crippen MR) is 167 cm³/mol. The SMILES string of the molecule is C=CCN(C)C(=O)[C@H]1[C@@H]2SC3(CC2Br)C(C(=O)N(CC=C)Cn2nnc4ccccc42)N(CCCCCCO)C(=O)[C@H]13. The van der Waals surface area contributed by atoms with Gasteiger partial charge in [-0.3, -0.25) is 14.4 Å². The Kier molecular flexibility index (Phi) is 9.44. The lowest BCUT2D eigenvalue weighted by molar-refractivity contribution is -0.144. The average molecular weight is 660 g/mol. The molecule has 6 atom stereocenters. The van der Waals surface area contributed by atoms with Crippen LogP contribution in [0.25, 0.3) is 11.0 Å². The van der Waals surface area contributed by atoms with Crippen LogP contribution in [0.3, 0.4) is 0 Å². The van der Waals surface area contributed by atoms with E-state index in [1.165, 1.54) is 0 Å². The number of likely N-dealkylation sites (N-methyl/N-ethyl adjacent to an activating group) is 1. The molecule has 3 amide bonds. The number of amides is 3. The molecule has 226 valence electrons. The summed E-state index contributed by atoms with van der Waals surface area (Å²) in [5.41, 5.74) is 1.55. The van der Waals surface area contributed by atoms with E-state index in [0.717, 1.165) is 23.9 Å². The number of alkyl halides is 1. The number of nitrogens with zero attached hydrogens (tertiary/aromatic N) is 6. The summed E-state index contributed by atoms with van der Waals surface area (Å²) in [4.78, 5) is 47.9. The number of rotatable bonds is 14. The molecule has 12 heteroatoms. The number of unbranched alkanes of at least 4 members (excludes halogenated alkanes) is 3. The Morgan fingerprint density at radius 1 is 1.17 bits per heavy atom. The van der Waals surface area contributed by atoms with Crippen LogP contribution in [0.15, 0.2) is 49.6 Å². The number of fused-ring (bicyclic) bond motifs is 2. The smallest absolute Gasteiger partial charge is 0.248 e. The molecule has 1 aromatic heterocycles. The zero-order chi connectivity index (χ0) is 30.0. The molecule has 3 unspecified atom stereocenters. The molecule has 0 radical (unpaired) electrons. The van der Waals surface area contributed by atoms with E-state index in [9.17, 15) is 19.5 Å². The van der Waals surface area contributed by atoms with Gasteiger partial charge in [-0.2, -0.15) is 0 Å². The predicted octanol–water partition coefficient (Wildman–Crippen LogP) is 3.07. The Labute approximate surface area is 259 Å². The molecule has 2 aromatic rings. The van der Waals surface area contributed by atoms with Gasteiger partial charge in [-0.05, 0) is 31.4 Å². The Morgan fingerprint density at radius 3 is 2.64 bits per heavy atom. The highest BCUT2D eigenvalue weighted by Crippen LogP contribution is 2.68. The highest BCUT2D eigenvalue weighted by atomic mass is 79.9. The van der Waals surface area contributed by atoms with Crippen molar-refractivity contribution in [3.63, 3.8) is 0 Å². The molecule has 5 rings (SSSR count). The minimum Gasteiger partial charge on any atom is -0.396 e. The van der Waals surface area contributed by atoms with Crippen molar-refractivity contribution in [3.8, 4) is 0 Å². The number of carbonyl (C=O) groups excluding carboxylic acids is 3. The van der Waals surface area contributed by atoms with Gasteiger partial charge >= 0.3 is 0 Å². The molecule has 1 aromatic carbocycles. The Bertz CT molecular complexity index is 1350. The van der Waals surface area contributed by atoms with E-state index in [1.54, 1.807) is 50.3 Å². The van der Waals surface area contributed by atoms with E-state index >= 15 is 0 Å². The highest BCUT2D eigenvalue weighted by molar-refractivity contribution is 9.09. The van der Waals surface area contributed by atoms with Gasteiger partial charge in [0.15, 0.2) is 0 Å². The van der Waals surface area contributed by atoms with Crippen LogP contribution in [0.2, 0.25) is 0 Å². The maximum Gasteiger partial charge on any atom is 0.248 e. The zero-order valence-electron chi connectivity index (χ0n) is 24.0. The maximum absolute atomic E-state index is 14.7. The monoisotopic (exact) mass is 658 g/mol. The fourth-order valence-corrected chi connectivity index (χ4v) is 10.5. The third-order valence-electron chi connectivity index (χ3n) is 8.78. The Morgan fingerprint density at radius 2 is 1.90 bits per heavy atom. The molecule has 4 heterocycles. The fraction of sp³-hybridized carbons (Fsp3) is 0.567. The number of thioether (sulfide) groups is 1. The Balaban J connectivity index is 1.50. The molecule has 3 aliphatic rings. The maximum atomic E-state index is 14.7. The molecule has 1 spiro atoms. The number of likely N-dealkylation sites (tertiary alicyclic amines) is 1. The number of carbonyl (C=O) groups is 3. The van der Waals surface area contributed by atoms with E-state index in [-0.39, 0.29) is 47.6 Å². The van der Waals surface area contributed by atoms with Crippen molar-refractivity contribution in [2.24, 2.45) is 11.8 Å². The van der Waals surface area contributed by atoms with Gasteiger partial charge < -0.3 is 19.8 Å². The van der Waals surface area contributed by atoms with Gasteiger partial charge in [0.25, 0.3) is 0 Å². The summed E-state index contributed by atoms with van der Waals surface area (Å²) in [6.45, 7) is 9.06. The summed E-state index contributed by atoms with van der Waals surface area (Å²) in [7, 11) is 1.74. The van der Waals surface area contributed by atoms with Crippen LogP contribution in [0.1, 0.15) is 32.1 Å². The first-order valence-corrected chi connectivity index (χ1v) is 16.4. The summed E-state index contributed by atoms with van der Waals surface area (Å²) < 4.78 is 0.974. The van der Waals surface area contributed by atoms with Gasteiger partial charge in [-0.25, -0.2) is 4.68 Å². The fourth-order valence-electron chi connectivity index (χ4n) is 6.95. The number of para-hydroxylation sites is 1. The van der Waals surface area contributed by atoms with Crippen molar-refractivity contribution < 1.29 is 19.5 Å². The van der Waals surface area contributed by atoms with Crippen LogP contribution in [-0.4, -0.2) is 107 Å². The first-order valence-electron chi connectivity index (χ1n) is 14.6. The normalized spacial score (nSPS) is 27.8. The summed E-state index contributed by atoms with van der Waals surface area (Å²) in [6.07, 6.45) is 7.10. The number of hydrogen-bond acceptors (Lipinski definition) is 7. The van der Waals surface area contributed by atoms with Crippen LogP contribution in [0.5, 0.6) is 0 Å². The number of aromatic nitrogens is 3. The second kappa shape index (κ2) is 12.9. The molecule has 0 aliphatic carbocycles. The van der Waals surface area contributed by atoms with E-state index < -0.39 is 22.6 Å². The van der Waals surface area contributed by atoms with Crippen molar-refractivity contribution >= 4 is 56.4 Å². The molecular formula is C30H39BrN6O4S. The second-order valence-corrected chi connectivity index (χ2v) is 14.1. The average Bonchev–Trinajstić information content (AvgIpc) is 3.69. The van der Waals surface area contributed by atoms with Gasteiger partial charge in [-0.15, -0.1) is 30.0 Å². The van der Waals surface area contributed by atoms with Crippen LogP contribution in [-0.2, 0) is 21.1 Å². The van der Waals surface area contributed by atoms with Crippen molar-refractivity contribution in [1.82, 2.24) is 29.7 Å². The largest absolute Gasteiger partial charge is 0.396 e. The van der Waals surface area contributed by atoms with Crippen molar-refractivity contribution in [2.45, 2.75) is 59.6 Å². The molecule has 1 N–H and O–H groups in total. The third kappa shape index (κ3) is 5.30. The van der Waals surface area contributed by atoms with Crippen LogP contribution in [0.4, 0.5) is 0 Å². The first-order chi connectivity index (χ1) is 20.3. The number of hydrogen-bond donors (Lipinski definition) is 1. The molecule has 0 saturated carbocycles. The topological polar surface area (TPSA) is 112 Å². The molecule has 3 aliphatic heterocycles. The van der Waals surface area contributed by atoms with E-state index in [2.05, 4.69) is 39.4 Å². The highest BCUT2D eigenvalue weighted by Gasteiger charge is 2.75. The lowest BCUT2D eigenvalue weighted by Gasteiger charge is -2.38. The quantitative estimate of drug-likeness (QED) is 0.189. The molecule has 10 nitrogen and oxygen atoms in total. The van der Waals surface area contributed by atoms with Crippen molar-refractivity contribution in [1.29, 1.82) is 0 Å². The standard InChI is InChI=1S/C30H39BrN6O4S/c1-4-14-34(3)27(39)23-24-28(40)36(16-10-6-7-11-17-38)26(30(24)18-20(31)25(23)42-30)29(41)35(15-5-2)19-37-22-13-9-8-12-21(22)32-33-37/h4-5,8-9,12-13,20,23-26,38H,1-2,6-7,10-11,14-19H2,3H3/t20?,23-,24+,25-,26?,30?/m1/s1. The van der Waals surface area contributed by atoms with E-state index in [4.69, 9.17) is 0 Å². The zero-order valence-corrected chi connectivity index (χ0v) is 26.4. The molecule has 42 heavy (non-hydrogen) atoms. The lowest BCUT2D eigenvalue weighted by Crippen LogP contribution is -2.56. The third-order valence-corrected chi connectivity index (χ3v) is 12.0. The minimum atomic E-state index is -0.725. The summed E-state index contributed by atoms with van der Waals surface area (Å²) in [5, 5.41) is 17.6. The van der Waals surface area contributed by atoms with E-state index in [1.807, 2.05) is 24.3 Å². The number of aliphatic hydroxyl groups is 1. The van der Waals surface area contributed by atoms with Crippen molar-refractivity contribution in [3.05, 3.63) is 49.6 Å². The van der Waals surface area contributed by atoms with Gasteiger partial charge in [0.05, 0.1) is 22.1 Å². The van der Waals surface area contributed by atoms with Gasteiger partial charge in [-0.1, -0.05) is 58.3 Å². The molecule has 3 saturated heterocycles. The van der Waals surface area contributed by atoms with Gasteiger partial charge in [0.2, 0.25) is 17.7 Å². The minimum absolute atomic E-state index is 0.00421. The molecule has 3 fully saturated rings. The first kappa shape index (κ1) is 30.7. The summed E-state index contributed by atoms with van der Waals surface area (Å²) in [6, 6.07) is 6.87. The van der Waals surface area contributed by atoms with Crippen LogP contribution < -0.4 is 0 Å². The molecular weight excluding hydrogens is 620 g/mol. The number of halogens is 1. The van der Waals surface area contributed by atoms with Crippen LogP contribution >= 0.6 is 27.7 Å². The number of aliphatic hydroxyl groups excluding tert-OH is 1. The number of benzene rings is 1. The van der Waals surface area contributed by atoms with Gasteiger partial charge in [0, 0.05) is 43.4 Å². The Hall–Kier alpha value is -2.70. The van der Waals surface area contributed by atoms with Crippen LogP contribution in [0, 0.1) is 11.8 Å². The van der Waals surface area contributed by atoms with Crippen molar-refractivity contribution in [2.75, 3.05) is 33.3 Å². The van der Waals surface area contributed by atoms with Gasteiger partial charge in [0.1, 0.15) is 18.2 Å².